The van der Waals surface area contributed by atoms with Crippen LogP contribution in [-0.4, -0.2) is 22.5 Å². The monoisotopic (exact) mass is 279 g/mol. The lowest BCUT2D eigenvalue weighted by Crippen LogP contribution is -2.38. The van der Waals surface area contributed by atoms with Gasteiger partial charge in [-0.15, -0.1) is 0 Å². The van der Waals surface area contributed by atoms with E-state index in [0.29, 0.717) is 17.1 Å². The number of anilines is 1. The summed E-state index contributed by atoms with van der Waals surface area (Å²) in [5.41, 5.74) is 2.54. The van der Waals surface area contributed by atoms with Gasteiger partial charge in [-0.05, 0) is 36.1 Å². The van der Waals surface area contributed by atoms with E-state index < -0.39 is 11.6 Å². The van der Waals surface area contributed by atoms with Gasteiger partial charge in [-0.2, -0.15) is 5.01 Å². The average Bonchev–Trinajstić information content (AvgIpc) is 2.81. The molecule has 1 heterocycles. The van der Waals surface area contributed by atoms with Gasteiger partial charge in [0.25, 0.3) is 5.91 Å². The molecule has 2 N–H and O–H groups in total. The maximum atomic E-state index is 12.3. The van der Waals surface area contributed by atoms with Crippen LogP contribution in [0.1, 0.15) is 20.3 Å². The van der Waals surface area contributed by atoms with Crippen LogP contribution in [0.2, 0.25) is 5.02 Å². The Morgan fingerprint density at radius 1 is 1.26 bits per heavy atom. The molecule has 2 aliphatic rings. The molecule has 0 bridgehead atoms. The van der Waals surface area contributed by atoms with E-state index in [9.17, 15) is 9.59 Å². The lowest BCUT2D eigenvalue weighted by atomic mass is 10.1. The fourth-order valence-corrected chi connectivity index (χ4v) is 2.65. The van der Waals surface area contributed by atoms with Gasteiger partial charge in [0.1, 0.15) is 5.54 Å². The van der Waals surface area contributed by atoms with Crippen molar-refractivity contribution in [2.75, 3.05) is 5.43 Å². The summed E-state index contributed by atoms with van der Waals surface area (Å²) in [6, 6.07) is 6.40. The van der Waals surface area contributed by atoms with E-state index in [2.05, 4.69) is 10.7 Å². The number of hydrogen-bond acceptors (Lipinski definition) is 3. The van der Waals surface area contributed by atoms with Crippen LogP contribution >= 0.6 is 11.6 Å². The highest BCUT2D eigenvalue weighted by atomic mass is 35.5. The zero-order valence-electron chi connectivity index (χ0n) is 10.7. The van der Waals surface area contributed by atoms with Crippen molar-refractivity contribution < 1.29 is 9.59 Å². The Morgan fingerprint density at radius 3 is 2.32 bits per heavy atom. The first-order valence-electron chi connectivity index (χ1n) is 6.05. The largest absolute Gasteiger partial charge is 0.344 e. The minimum absolute atomic E-state index is 0.184. The van der Waals surface area contributed by atoms with Crippen LogP contribution in [0.15, 0.2) is 24.3 Å². The number of nitrogens with one attached hydrogen (secondary N) is 2. The Hall–Kier alpha value is -1.75. The number of amides is 3. The lowest BCUT2D eigenvalue weighted by Gasteiger charge is -2.16. The van der Waals surface area contributed by atoms with Crippen LogP contribution in [0, 0.1) is 5.41 Å². The molecule has 3 rings (SSSR count). The fraction of sp³-hybridized carbons (Fsp3) is 0.385. The van der Waals surface area contributed by atoms with Crippen molar-refractivity contribution >= 4 is 29.2 Å². The van der Waals surface area contributed by atoms with Gasteiger partial charge in [-0.25, -0.2) is 4.79 Å². The van der Waals surface area contributed by atoms with E-state index >= 15 is 0 Å². The molecule has 0 aromatic heterocycles. The molecule has 0 radical (unpaired) electrons. The molecular formula is C13H14ClN3O2. The van der Waals surface area contributed by atoms with Crippen LogP contribution in [0.4, 0.5) is 10.5 Å². The average molecular weight is 280 g/mol. The molecule has 1 saturated carbocycles. The summed E-state index contributed by atoms with van der Waals surface area (Å²) in [6.45, 7) is 3.94. The Balaban J connectivity index is 1.81. The maximum absolute atomic E-state index is 12.3. The second kappa shape index (κ2) is 3.63. The molecule has 1 atom stereocenters. The summed E-state index contributed by atoms with van der Waals surface area (Å²) in [6.07, 6.45) is 0.670. The van der Waals surface area contributed by atoms with Gasteiger partial charge in [0.15, 0.2) is 0 Å². The quantitative estimate of drug-likeness (QED) is 0.817. The molecule has 5 nitrogen and oxygen atoms in total. The molecule has 1 aliphatic heterocycles. The Morgan fingerprint density at radius 2 is 1.84 bits per heavy atom. The van der Waals surface area contributed by atoms with Gasteiger partial charge in [0, 0.05) is 5.02 Å². The number of halogens is 1. The van der Waals surface area contributed by atoms with Gasteiger partial charge >= 0.3 is 6.03 Å². The topological polar surface area (TPSA) is 61.4 Å². The zero-order chi connectivity index (χ0) is 13.8. The van der Waals surface area contributed by atoms with Crippen molar-refractivity contribution in [2.24, 2.45) is 5.41 Å². The Labute approximate surface area is 115 Å². The molecule has 1 unspecified atom stereocenters. The van der Waals surface area contributed by atoms with Crippen LogP contribution in [0.25, 0.3) is 0 Å². The number of urea groups is 1. The van der Waals surface area contributed by atoms with Gasteiger partial charge in [0.05, 0.1) is 5.69 Å². The molecule has 1 aliphatic carbocycles. The second-order valence-electron chi connectivity index (χ2n) is 5.66. The number of rotatable bonds is 2. The lowest BCUT2D eigenvalue weighted by molar-refractivity contribution is -0.128. The summed E-state index contributed by atoms with van der Waals surface area (Å²) >= 11 is 5.79. The Bertz CT molecular complexity index is 570. The summed E-state index contributed by atoms with van der Waals surface area (Å²) in [5.74, 6) is -0.225. The highest BCUT2D eigenvalue weighted by Crippen LogP contribution is 2.58. The standard InChI is InChI=1S/C13H14ClN3O2/c1-12(2)7-13(12)10(18)17(11(19)15-13)16-9-5-3-8(14)4-6-9/h3-6,16H,7H2,1-2H3,(H,15,19). The molecule has 1 aromatic rings. The maximum Gasteiger partial charge on any atom is 0.344 e. The number of hydrogen-bond donors (Lipinski definition) is 2. The molecular weight excluding hydrogens is 266 g/mol. The van der Waals surface area contributed by atoms with Crippen molar-refractivity contribution in [1.82, 2.24) is 10.3 Å². The molecule has 3 amide bonds. The first kappa shape index (κ1) is 12.3. The first-order valence-corrected chi connectivity index (χ1v) is 6.42. The van der Waals surface area contributed by atoms with Crippen LogP contribution in [0.3, 0.4) is 0 Å². The van der Waals surface area contributed by atoms with Crippen molar-refractivity contribution in [3.8, 4) is 0 Å². The van der Waals surface area contributed by atoms with E-state index in [1.54, 1.807) is 24.3 Å². The number of carbonyl (C=O) groups is 2. The third-order valence-electron chi connectivity index (χ3n) is 3.91. The smallest absolute Gasteiger partial charge is 0.321 e. The van der Waals surface area contributed by atoms with Gasteiger partial charge in [-0.1, -0.05) is 25.4 Å². The number of nitrogens with zero attached hydrogens (tertiary/aromatic N) is 1. The molecule has 2 fully saturated rings. The van der Waals surface area contributed by atoms with Crippen molar-refractivity contribution in [3.63, 3.8) is 0 Å². The van der Waals surface area contributed by atoms with Crippen molar-refractivity contribution in [2.45, 2.75) is 25.8 Å². The predicted octanol–water partition coefficient (Wildman–Crippen LogP) is 2.39. The minimum atomic E-state index is -0.733. The van der Waals surface area contributed by atoms with E-state index in [0.717, 1.165) is 5.01 Å². The number of hydrazine groups is 1. The number of carbonyl (C=O) groups excluding carboxylic acids is 2. The third-order valence-corrected chi connectivity index (χ3v) is 4.17. The van der Waals surface area contributed by atoms with Crippen molar-refractivity contribution in [1.29, 1.82) is 0 Å². The fourth-order valence-electron chi connectivity index (χ4n) is 2.53. The summed E-state index contributed by atoms with van der Waals surface area (Å²) < 4.78 is 0. The molecule has 6 heteroatoms. The summed E-state index contributed by atoms with van der Waals surface area (Å²) in [4.78, 5) is 24.2. The second-order valence-corrected chi connectivity index (χ2v) is 6.09. The highest BCUT2D eigenvalue weighted by Gasteiger charge is 2.72. The normalized spacial score (nSPS) is 27.6. The van der Waals surface area contributed by atoms with Gasteiger partial charge in [-0.3, -0.25) is 10.2 Å². The number of benzene rings is 1. The number of imide groups is 1. The molecule has 1 spiro atoms. The van der Waals surface area contributed by atoms with Gasteiger partial charge in [0.2, 0.25) is 0 Å². The SMILES string of the molecule is CC1(C)CC12NC(=O)N(Nc1ccc(Cl)cc1)C2=O. The van der Waals surface area contributed by atoms with Crippen molar-refractivity contribution in [3.05, 3.63) is 29.3 Å². The van der Waals surface area contributed by atoms with Gasteiger partial charge < -0.3 is 5.32 Å². The zero-order valence-corrected chi connectivity index (χ0v) is 11.4. The van der Waals surface area contributed by atoms with E-state index in [1.165, 1.54) is 0 Å². The van der Waals surface area contributed by atoms with Crippen LogP contribution in [0.5, 0.6) is 0 Å². The molecule has 100 valence electrons. The molecule has 19 heavy (non-hydrogen) atoms. The molecule has 1 aromatic carbocycles. The summed E-state index contributed by atoms with van der Waals surface area (Å²) in [5, 5.41) is 4.41. The minimum Gasteiger partial charge on any atom is -0.321 e. The summed E-state index contributed by atoms with van der Waals surface area (Å²) in [7, 11) is 0. The highest BCUT2D eigenvalue weighted by molar-refractivity contribution is 6.30. The van der Waals surface area contributed by atoms with Crippen LogP contribution in [-0.2, 0) is 4.79 Å². The Kier molecular flexibility index (Phi) is 2.35. The van der Waals surface area contributed by atoms with E-state index in [-0.39, 0.29) is 11.3 Å². The third kappa shape index (κ3) is 1.69. The van der Waals surface area contributed by atoms with E-state index in [4.69, 9.17) is 11.6 Å². The van der Waals surface area contributed by atoms with Crippen LogP contribution < -0.4 is 10.7 Å². The molecule has 1 saturated heterocycles. The predicted molar refractivity (Wildman–Crippen MR) is 71.6 cm³/mol. The first-order chi connectivity index (χ1) is 8.86. The van der Waals surface area contributed by atoms with E-state index in [1.807, 2.05) is 13.8 Å².